The van der Waals surface area contributed by atoms with Gasteiger partial charge in [0, 0.05) is 4.91 Å². The van der Waals surface area contributed by atoms with Gasteiger partial charge in [-0.3, -0.25) is 0 Å². The van der Waals surface area contributed by atoms with E-state index in [1.54, 1.807) is 21.0 Å². The molecule has 1 unspecified atom stereocenters. The van der Waals surface area contributed by atoms with Gasteiger partial charge in [-0.1, -0.05) is 12.1 Å². The molecule has 138 valence electrons. The lowest BCUT2D eigenvalue weighted by molar-refractivity contribution is -0.143. The number of benzene rings is 1. The van der Waals surface area contributed by atoms with Crippen LogP contribution >= 0.6 is 20.6 Å². The van der Waals surface area contributed by atoms with Gasteiger partial charge in [0.15, 0.2) is 0 Å². The van der Waals surface area contributed by atoms with Crippen LogP contribution in [0.25, 0.3) is 4.91 Å². The van der Waals surface area contributed by atoms with Gasteiger partial charge in [-0.25, -0.2) is 9.59 Å². The van der Waals surface area contributed by atoms with Crippen LogP contribution in [0.3, 0.4) is 0 Å². The number of hydrogen-bond donors (Lipinski definition) is 0. The molecule has 0 spiro atoms. The number of ether oxygens (including phenoxy) is 3. The third-order valence-corrected chi connectivity index (χ3v) is 6.97. The minimum absolute atomic E-state index is 0.0684. The fourth-order valence-corrected chi connectivity index (χ4v) is 5.98. The summed E-state index contributed by atoms with van der Waals surface area (Å²) in [5.41, 5.74) is 1.14. The standard InChI is InChI=1S/C18H18O6S2/c1-4-22-17(19)15-14-10-13(11-6-8-12(21-3)9-7-11)25-26(14)24-16(15)18(20)23-5-2/h6-10H,4-5H2,1-3H3. The Morgan fingerprint density at radius 3 is 2.35 bits per heavy atom. The summed E-state index contributed by atoms with van der Waals surface area (Å²) < 4.78 is 21.0. The molecule has 1 atom stereocenters. The molecule has 3 rings (SSSR count). The molecule has 0 N–H and O–H groups in total. The highest BCUT2D eigenvalue weighted by atomic mass is 33.1. The Kier molecular flexibility index (Phi) is 5.73. The van der Waals surface area contributed by atoms with Crippen molar-refractivity contribution >= 4 is 42.3 Å². The molecule has 0 radical (unpaired) electrons. The molecule has 0 bridgehead atoms. The molecule has 2 aliphatic heterocycles. The van der Waals surface area contributed by atoms with E-state index in [2.05, 4.69) is 0 Å². The molecule has 0 saturated heterocycles. The zero-order valence-corrected chi connectivity index (χ0v) is 16.2. The zero-order valence-electron chi connectivity index (χ0n) is 14.6. The lowest BCUT2D eigenvalue weighted by atomic mass is 10.1. The molecule has 0 aromatic heterocycles. The van der Waals surface area contributed by atoms with Crippen molar-refractivity contribution in [3.63, 3.8) is 0 Å². The number of methoxy groups -OCH3 is 1. The first-order chi connectivity index (χ1) is 12.6. The van der Waals surface area contributed by atoms with Crippen molar-refractivity contribution in [2.75, 3.05) is 20.3 Å². The largest absolute Gasteiger partial charge is 0.497 e. The van der Waals surface area contributed by atoms with Gasteiger partial charge >= 0.3 is 11.9 Å². The summed E-state index contributed by atoms with van der Waals surface area (Å²) in [6, 6.07) is 7.60. The number of esters is 2. The van der Waals surface area contributed by atoms with Crippen molar-refractivity contribution in [3.05, 3.63) is 47.2 Å². The molecule has 0 aliphatic carbocycles. The Labute approximate surface area is 157 Å². The molecule has 1 aromatic carbocycles. The monoisotopic (exact) mass is 394 g/mol. The number of rotatable bonds is 6. The summed E-state index contributed by atoms with van der Waals surface area (Å²) in [5.74, 6) is -0.528. The van der Waals surface area contributed by atoms with Gasteiger partial charge in [0.1, 0.15) is 11.3 Å². The highest BCUT2D eigenvalue weighted by molar-refractivity contribution is 8.86. The van der Waals surface area contributed by atoms with E-state index < -0.39 is 21.7 Å². The summed E-state index contributed by atoms with van der Waals surface area (Å²) in [6.45, 7) is 3.82. The van der Waals surface area contributed by atoms with E-state index in [9.17, 15) is 9.59 Å². The predicted molar refractivity (Wildman–Crippen MR) is 103 cm³/mol. The Balaban J connectivity index is 1.93. The first-order valence-electron chi connectivity index (χ1n) is 8.01. The lowest BCUT2D eigenvalue weighted by Crippen LogP contribution is -2.18. The molecule has 0 fully saturated rings. The maximum Gasteiger partial charge on any atom is 0.376 e. The average Bonchev–Trinajstić information content (AvgIpc) is 3.20. The van der Waals surface area contributed by atoms with Crippen LogP contribution in [0, 0.1) is 0 Å². The van der Waals surface area contributed by atoms with Crippen LogP contribution in [0.15, 0.2) is 41.7 Å². The summed E-state index contributed by atoms with van der Waals surface area (Å²) >= 11 is 0. The van der Waals surface area contributed by atoms with E-state index in [0.29, 0.717) is 4.86 Å². The minimum atomic E-state index is -0.780. The zero-order chi connectivity index (χ0) is 18.7. The first-order valence-corrected chi connectivity index (χ1v) is 10.5. The number of carbonyl (C=O) groups is 2. The minimum Gasteiger partial charge on any atom is -0.497 e. The van der Waals surface area contributed by atoms with Crippen molar-refractivity contribution in [1.29, 1.82) is 0 Å². The molecule has 26 heavy (non-hydrogen) atoms. The fourth-order valence-electron chi connectivity index (χ4n) is 2.38. The average molecular weight is 394 g/mol. The smallest absolute Gasteiger partial charge is 0.376 e. The van der Waals surface area contributed by atoms with Crippen LogP contribution < -0.4 is 4.74 Å². The van der Waals surface area contributed by atoms with E-state index in [0.717, 1.165) is 16.2 Å². The number of hydrogen-bond acceptors (Lipinski definition) is 7. The summed E-state index contributed by atoms with van der Waals surface area (Å²) in [7, 11) is 2.29. The third-order valence-electron chi connectivity index (χ3n) is 3.55. The van der Waals surface area contributed by atoms with Gasteiger partial charge in [0.2, 0.25) is 5.76 Å². The molecule has 0 amide bonds. The van der Waals surface area contributed by atoms with Crippen molar-refractivity contribution in [2.45, 2.75) is 13.8 Å². The van der Waals surface area contributed by atoms with Gasteiger partial charge in [-0.05, 0) is 48.4 Å². The number of carbonyl (C=O) groups excluding carboxylic acids is 2. The fraction of sp³-hybridized carbons (Fsp3) is 0.278. The second kappa shape index (κ2) is 8.01. The normalized spacial score (nSPS) is 18.2. The van der Waals surface area contributed by atoms with Crippen LogP contribution in [-0.4, -0.2) is 37.1 Å². The lowest BCUT2D eigenvalue weighted by Gasteiger charge is -2.10. The molecule has 1 aromatic rings. The first kappa shape index (κ1) is 18.6. The van der Waals surface area contributed by atoms with E-state index in [-0.39, 0.29) is 24.5 Å². The van der Waals surface area contributed by atoms with E-state index in [1.165, 1.54) is 10.8 Å². The Bertz CT molecular complexity index is 836. The third kappa shape index (κ3) is 3.52. The van der Waals surface area contributed by atoms with Gasteiger partial charge in [0.25, 0.3) is 0 Å². The summed E-state index contributed by atoms with van der Waals surface area (Å²) in [6.07, 6.45) is 1.87. The topological polar surface area (TPSA) is 71.1 Å². The molecule has 6 nitrogen and oxygen atoms in total. The molecule has 8 heteroatoms. The Morgan fingerprint density at radius 1 is 1.08 bits per heavy atom. The van der Waals surface area contributed by atoms with Crippen molar-refractivity contribution in [1.82, 2.24) is 0 Å². The van der Waals surface area contributed by atoms with Gasteiger partial charge in [0.05, 0.1) is 35.0 Å². The highest BCUT2D eigenvalue weighted by Crippen LogP contribution is 2.55. The highest BCUT2D eigenvalue weighted by Gasteiger charge is 2.39. The second-order valence-corrected chi connectivity index (χ2v) is 8.24. The van der Waals surface area contributed by atoms with E-state index in [1.807, 2.05) is 30.3 Å². The number of allylic oxidation sites excluding steroid dienone is 1. The predicted octanol–water partition coefficient (Wildman–Crippen LogP) is 3.46. The Morgan fingerprint density at radius 2 is 1.73 bits per heavy atom. The molecular formula is C18H18O6S2. The molecular weight excluding hydrogens is 376 g/mol. The summed E-state index contributed by atoms with van der Waals surface area (Å²) in [5, 5.41) is 0. The van der Waals surface area contributed by atoms with Crippen LogP contribution in [0.1, 0.15) is 19.4 Å². The van der Waals surface area contributed by atoms with Gasteiger partial charge in [-0.2, -0.15) is 0 Å². The maximum absolute atomic E-state index is 12.4. The summed E-state index contributed by atoms with van der Waals surface area (Å²) in [4.78, 5) is 26.2. The molecule has 0 saturated carbocycles. The van der Waals surface area contributed by atoms with Crippen molar-refractivity contribution in [3.8, 4) is 5.75 Å². The Hall–Kier alpha value is -2.19. The van der Waals surface area contributed by atoms with E-state index in [4.69, 9.17) is 18.4 Å². The van der Waals surface area contributed by atoms with Crippen molar-refractivity contribution in [2.24, 2.45) is 0 Å². The van der Waals surface area contributed by atoms with Crippen molar-refractivity contribution < 1.29 is 28.0 Å². The maximum atomic E-state index is 12.4. The SMILES string of the molecule is CCOC(=O)C1=C(C(=O)OCC)C2=S(O1)SC(c1ccc(OC)cc1)=C2. The second-order valence-electron chi connectivity index (χ2n) is 5.15. The quantitative estimate of drug-likeness (QED) is 0.416. The van der Waals surface area contributed by atoms with Crippen LogP contribution in [-0.2, 0) is 23.2 Å². The van der Waals surface area contributed by atoms with E-state index >= 15 is 0 Å². The van der Waals surface area contributed by atoms with Crippen LogP contribution in [0.4, 0.5) is 0 Å². The van der Waals surface area contributed by atoms with Crippen LogP contribution in [0.5, 0.6) is 5.75 Å². The van der Waals surface area contributed by atoms with Gasteiger partial charge < -0.3 is 18.4 Å². The van der Waals surface area contributed by atoms with Crippen LogP contribution in [0.2, 0.25) is 0 Å². The van der Waals surface area contributed by atoms with Gasteiger partial charge in [-0.15, -0.1) is 0 Å². The molecule has 2 heterocycles. The molecule has 2 aliphatic rings.